The van der Waals surface area contributed by atoms with Gasteiger partial charge in [-0.15, -0.1) is 11.3 Å². The molecule has 2 atom stereocenters. The molecule has 2 rings (SSSR count). The summed E-state index contributed by atoms with van der Waals surface area (Å²) in [6, 6.07) is 11.8. The Labute approximate surface area is 144 Å². The van der Waals surface area contributed by atoms with E-state index in [-0.39, 0.29) is 11.9 Å². The van der Waals surface area contributed by atoms with Gasteiger partial charge in [0, 0.05) is 26.7 Å². The van der Waals surface area contributed by atoms with E-state index in [9.17, 15) is 4.79 Å². The van der Waals surface area contributed by atoms with Gasteiger partial charge in [-0.05, 0) is 50.6 Å². The van der Waals surface area contributed by atoms with Gasteiger partial charge in [-0.2, -0.15) is 0 Å². The number of carbonyl (C=O) groups is 1. The molecule has 0 radical (unpaired) electrons. The zero-order chi connectivity index (χ0) is 16.3. The quantitative estimate of drug-likeness (QED) is 0.829. The number of hydrogen-bond acceptors (Lipinski definition) is 3. The Morgan fingerprint density at radius 1 is 1.32 bits per heavy atom. The van der Waals surface area contributed by atoms with Gasteiger partial charge < -0.3 is 11.1 Å². The Bertz CT molecular complexity index is 649. The maximum Gasteiger partial charge on any atom is 0.244 e. The molecule has 0 fully saturated rings. The maximum absolute atomic E-state index is 12.5. The highest BCUT2D eigenvalue weighted by Gasteiger charge is 2.31. The molecule has 2 aromatic rings. The second kappa shape index (κ2) is 6.94. The first-order valence-corrected chi connectivity index (χ1v) is 8.81. The molecule has 1 aromatic carbocycles. The number of nitrogens with one attached hydrogen (secondary N) is 1. The van der Waals surface area contributed by atoms with Crippen molar-refractivity contribution in [3.63, 3.8) is 0 Å². The molecule has 3 N–H and O–H groups in total. The normalized spacial score (nSPS) is 15.1. The van der Waals surface area contributed by atoms with Gasteiger partial charge in [-0.25, -0.2) is 0 Å². The molecule has 1 heterocycles. The minimum absolute atomic E-state index is 0.0453. The molecular formula is C17H21BrN2OS. The summed E-state index contributed by atoms with van der Waals surface area (Å²) in [7, 11) is 0. The van der Waals surface area contributed by atoms with Gasteiger partial charge in [-0.3, -0.25) is 4.79 Å². The van der Waals surface area contributed by atoms with Crippen molar-refractivity contribution in [2.24, 2.45) is 5.73 Å². The molecule has 0 saturated heterocycles. The summed E-state index contributed by atoms with van der Waals surface area (Å²) in [6.45, 7) is 5.83. The predicted octanol–water partition coefficient (Wildman–Crippen LogP) is 3.74. The van der Waals surface area contributed by atoms with E-state index in [1.54, 1.807) is 18.3 Å². The standard InChI is InChI=1S/C17H21BrN2OS/c1-11(10-15-9-4-12(2)22-15)20-16(21)17(3,19)13-5-7-14(18)8-6-13/h4-9,11H,10,19H2,1-3H3,(H,20,21). The molecule has 118 valence electrons. The first-order chi connectivity index (χ1) is 10.3. The Morgan fingerprint density at radius 3 is 2.50 bits per heavy atom. The molecule has 22 heavy (non-hydrogen) atoms. The van der Waals surface area contributed by atoms with Gasteiger partial charge >= 0.3 is 0 Å². The molecule has 0 spiro atoms. The van der Waals surface area contributed by atoms with E-state index < -0.39 is 5.54 Å². The number of nitrogens with two attached hydrogens (primary N) is 1. The second-order valence-electron chi connectivity index (χ2n) is 5.80. The maximum atomic E-state index is 12.5. The molecule has 3 nitrogen and oxygen atoms in total. The number of hydrogen-bond donors (Lipinski definition) is 2. The Hall–Kier alpha value is -1.17. The van der Waals surface area contributed by atoms with Crippen LogP contribution in [0.15, 0.2) is 40.9 Å². The second-order valence-corrected chi connectivity index (χ2v) is 8.09. The Kier molecular flexibility index (Phi) is 5.42. The molecule has 5 heteroatoms. The van der Waals surface area contributed by atoms with Crippen LogP contribution in [0, 0.1) is 6.92 Å². The number of amides is 1. The van der Waals surface area contributed by atoms with E-state index in [0.29, 0.717) is 0 Å². The lowest BCUT2D eigenvalue weighted by Crippen LogP contribution is -2.51. The molecule has 2 unspecified atom stereocenters. The van der Waals surface area contributed by atoms with Crippen molar-refractivity contribution < 1.29 is 4.79 Å². The summed E-state index contributed by atoms with van der Waals surface area (Å²) in [4.78, 5) is 15.1. The Balaban J connectivity index is 2.02. The summed E-state index contributed by atoms with van der Waals surface area (Å²) >= 11 is 5.15. The number of rotatable bonds is 5. The van der Waals surface area contributed by atoms with E-state index >= 15 is 0 Å². The van der Waals surface area contributed by atoms with Crippen LogP contribution in [0.4, 0.5) is 0 Å². The number of thiophene rings is 1. The summed E-state index contributed by atoms with van der Waals surface area (Å²) in [6.07, 6.45) is 0.820. The molecule has 0 saturated carbocycles. The van der Waals surface area contributed by atoms with Gasteiger partial charge in [0.2, 0.25) is 5.91 Å². The van der Waals surface area contributed by atoms with Crippen LogP contribution in [0.3, 0.4) is 0 Å². The van der Waals surface area contributed by atoms with Gasteiger partial charge in [0.25, 0.3) is 0 Å². The SMILES string of the molecule is Cc1ccc(CC(C)NC(=O)C(C)(N)c2ccc(Br)cc2)s1. The van der Waals surface area contributed by atoms with Gasteiger partial charge in [-0.1, -0.05) is 28.1 Å². The smallest absolute Gasteiger partial charge is 0.244 e. The van der Waals surface area contributed by atoms with Crippen molar-refractivity contribution in [1.82, 2.24) is 5.32 Å². The third-order valence-corrected chi connectivity index (χ3v) is 5.15. The van der Waals surface area contributed by atoms with E-state index in [2.05, 4.69) is 40.3 Å². The van der Waals surface area contributed by atoms with Crippen molar-refractivity contribution >= 4 is 33.2 Å². The van der Waals surface area contributed by atoms with Crippen LogP contribution in [0.25, 0.3) is 0 Å². The van der Waals surface area contributed by atoms with E-state index in [1.807, 2.05) is 31.2 Å². The lowest BCUT2D eigenvalue weighted by Gasteiger charge is -2.26. The van der Waals surface area contributed by atoms with Gasteiger partial charge in [0.05, 0.1) is 0 Å². The van der Waals surface area contributed by atoms with Gasteiger partial charge in [0.1, 0.15) is 5.54 Å². The molecule has 0 aliphatic rings. The average Bonchev–Trinajstić information content (AvgIpc) is 2.84. The highest BCUT2D eigenvalue weighted by Crippen LogP contribution is 2.21. The number of carbonyl (C=O) groups excluding carboxylic acids is 1. The van der Waals surface area contributed by atoms with Crippen molar-refractivity contribution in [2.75, 3.05) is 0 Å². The fraction of sp³-hybridized carbons (Fsp3) is 0.353. The van der Waals surface area contributed by atoms with E-state index in [0.717, 1.165) is 16.5 Å². The van der Waals surface area contributed by atoms with Crippen molar-refractivity contribution in [1.29, 1.82) is 0 Å². The lowest BCUT2D eigenvalue weighted by atomic mass is 9.92. The zero-order valence-corrected chi connectivity index (χ0v) is 15.4. The molecular weight excluding hydrogens is 360 g/mol. The van der Waals surface area contributed by atoms with Crippen LogP contribution in [-0.2, 0) is 16.8 Å². The summed E-state index contributed by atoms with van der Waals surface area (Å²) < 4.78 is 0.967. The van der Waals surface area contributed by atoms with Crippen molar-refractivity contribution in [3.05, 3.63) is 56.2 Å². The summed E-state index contributed by atoms with van der Waals surface area (Å²) in [5, 5.41) is 3.02. The lowest BCUT2D eigenvalue weighted by molar-refractivity contribution is -0.126. The van der Waals surface area contributed by atoms with Crippen LogP contribution < -0.4 is 11.1 Å². The predicted molar refractivity (Wildman–Crippen MR) is 96.0 cm³/mol. The number of aryl methyl sites for hydroxylation is 1. The van der Waals surface area contributed by atoms with Crippen molar-refractivity contribution in [2.45, 2.75) is 38.8 Å². The van der Waals surface area contributed by atoms with E-state index in [4.69, 9.17) is 5.73 Å². The third kappa shape index (κ3) is 4.18. The zero-order valence-electron chi connectivity index (χ0n) is 13.0. The minimum atomic E-state index is -1.04. The first-order valence-electron chi connectivity index (χ1n) is 7.20. The van der Waals surface area contributed by atoms with E-state index in [1.165, 1.54) is 9.75 Å². The fourth-order valence-corrected chi connectivity index (χ4v) is 3.53. The van der Waals surface area contributed by atoms with Crippen LogP contribution in [-0.4, -0.2) is 11.9 Å². The monoisotopic (exact) mass is 380 g/mol. The number of halogens is 1. The van der Waals surface area contributed by atoms with Crippen LogP contribution >= 0.6 is 27.3 Å². The minimum Gasteiger partial charge on any atom is -0.351 e. The molecule has 1 amide bonds. The van der Waals surface area contributed by atoms with Crippen molar-refractivity contribution in [3.8, 4) is 0 Å². The fourth-order valence-electron chi connectivity index (χ4n) is 2.25. The number of benzene rings is 1. The summed E-state index contributed by atoms with van der Waals surface area (Å²) in [5.74, 6) is -0.157. The first kappa shape index (κ1) is 17.2. The molecule has 1 aromatic heterocycles. The average molecular weight is 381 g/mol. The highest BCUT2D eigenvalue weighted by atomic mass is 79.9. The largest absolute Gasteiger partial charge is 0.351 e. The van der Waals surface area contributed by atoms with Gasteiger partial charge in [0.15, 0.2) is 0 Å². The Morgan fingerprint density at radius 2 is 1.95 bits per heavy atom. The van der Waals surface area contributed by atoms with Crippen LogP contribution in [0.2, 0.25) is 0 Å². The third-order valence-electron chi connectivity index (χ3n) is 3.60. The topological polar surface area (TPSA) is 55.1 Å². The molecule has 0 aliphatic heterocycles. The van der Waals surface area contributed by atoms with Crippen LogP contribution in [0.5, 0.6) is 0 Å². The molecule has 0 bridgehead atoms. The van der Waals surface area contributed by atoms with Crippen LogP contribution in [0.1, 0.15) is 29.2 Å². The summed E-state index contributed by atoms with van der Waals surface area (Å²) in [5.41, 5.74) is 6.01. The highest BCUT2D eigenvalue weighted by molar-refractivity contribution is 9.10. The molecule has 0 aliphatic carbocycles.